The quantitative estimate of drug-likeness (QED) is 0.829. The highest BCUT2D eigenvalue weighted by Crippen LogP contribution is 2.35. The topological polar surface area (TPSA) is 15.3 Å². The molecular weight excluding hydrogens is 220 g/mol. The minimum absolute atomic E-state index is 0.402. The van der Waals surface area contributed by atoms with Crippen LogP contribution in [0, 0.1) is 11.3 Å². The van der Waals surface area contributed by atoms with Gasteiger partial charge in [-0.15, -0.1) is 0 Å². The van der Waals surface area contributed by atoms with Crippen LogP contribution in [0.3, 0.4) is 0 Å². The Bertz CT molecular complexity index is 240. The fourth-order valence-electron chi connectivity index (χ4n) is 3.30. The maximum Gasteiger partial charge on any atom is 0.0115 e. The molecule has 18 heavy (non-hydrogen) atoms. The Kier molecular flexibility index (Phi) is 5.67. The monoisotopic (exact) mass is 254 g/mol. The van der Waals surface area contributed by atoms with Crippen LogP contribution in [-0.4, -0.2) is 36.1 Å². The summed E-state index contributed by atoms with van der Waals surface area (Å²) in [6, 6.07) is 1.95. The first-order valence-corrected chi connectivity index (χ1v) is 7.72. The smallest absolute Gasteiger partial charge is 0.0115 e. The van der Waals surface area contributed by atoms with Gasteiger partial charge < -0.3 is 10.2 Å². The zero-order valence-corrected chi connectivity index (χ0v) is 13.6. The molecule has 0 radical (unpaired) electrons. The number of likely N-dealkylation sites (tertiary alicyclic amines) is 1. The molecule has 2 nitrogen and oxygen atoms in total. The van der Waals surface area contributed by atoms with E-state index in [9.17, 15) is 0 Å². The van der Waals surface area contributed by atoms with Crippen molar-refractivity contribution in [2.24, 2.45) is 11.3 Å². The van der Waals surface area contributed by atoms with E-state index in [2.05, 4.69) is 58.7 Å². The summed E-state index contributed by atoms with van der Waals surface area (Å²) in [5.41, 5.74) is 0.402. The average molecular weight is 254 g/mol. The lowest BCUT2D eigenvalue weighted by Gasteiger charge is -2.37. The lowest BCUT2D eigenvalue weighted by atomic mass is 9.74. The van der Waals surface area contributed by atoms with Crippen LogP contribution in [0.4, 0.5) is 0 Å². The first-order valence-electron chi connectivity index (χ1n) is 7.72. The Balaban J connectivity index is 2.77. The maximum atomic E-state index is 3.81. The first kappa shape index (κ1) is 16.0. The van der Waals surface area contributed by atoms with E-state index >= 15 is 0 Å². The second kappa shape index (κ2) is 6.38. The summed E-state index contributed by atoms with van der Waals surface area (Å²) in [7, 11) is 0. The summed E-state index contributed by atoms with van der Waals surface area (Å²) < 4.78 is 0. The Morgan fingerprint density at radius 1 is 1.00 bits per heavy atom. The highest BCUT2D eigenvalue weighted by Gasteiger charge is 2.34. The summed E-state index contributed by atoms with van der Waals surface area (Å²) >= 11 is 0. The third-order valence-electron chi connectivity index (χ3n) is 4.33. The zero-order valence-electron chi connectivity index (χ0n) is 13.6. The van der Waals surface area contributed by atoms with Gasteiger partial charge in [-0.1, -0.05) is 34.6 Å². The van der Waals surface area contributed by atoms with Crippen molar-refractivity contribution < 1.29 is 0 Å². The Labute approximate surface area is 115 Å². The molecular formula is C16H34N2. The molecule has 0 bridgehead atoms. The molecule has 1 aliphatic heterocycles. The molecule has 2 heteroatoms. The molecule has 0 spiro atoms. The van der Waals surface area contributed by atoms with Crippen molar-refractivity contribution >= 4 is 0 Å². The van der Waals surface area contributed by atoms with Crippen LogP contribution in [-0.2, 0) is 0 Å². The molecule has 1 fully saturated rings. The van der Waals surface area contributed by atoms with Crippen molar-refractivity contribution in [3.05, 3.63) is 0 Å². The summed E-state index contributed by atoms with van der Waals surface area (Å²) in [6.07, 6.45) is 2.62. The number of rotatable bonds is 3. The Hall–Kier alpha value is -0.0800. The largest absolute Gasteiger partial charge is 0.311 e. The lowest BCUT2D eigenvalue weighted by molar-refractivity contribution is 0.162. The summed E-state index contributed by atoms with van der Waals surface area (Å²) in [4.78, 5) is 2.64. The van der Waals surface area contributed by atoms with Gasteiger partial charge in [-0.25, -0.2) is 0 Å². The number of nitrogens with zero attached hydrogens (tertiary/aromatic N) is 1. The Morgan fingerprint density at radius 2 is 1.56 bits per heavy atom. The van der Waals surface area contributed by atoms with E-state index in [1.165, 1.54) is 25.9 Å². The molecule has 0 aromatic carbocycles. The molecule has 108 valence electrons. The third-order valence-corrected chi connectivity index (χ3v) is 4.33. The zero-order chi connectivity index (χ0) is 13.9. The van der Waals surface area contributed by atoms with E-state index in [0.29, 0.717) is 23.5 Å². The summed E-state index contributed by atoms with van der Waals surface area (Å²) in [6.45, 7) is 18.9. The Morgan fingerprint density at radius 3 is 2.00 bits per heavy atom. The summed E-state index contributed by atoms with van der Waals surface area (Å²) in [5.74, 6) is 0.781. The van der Waals surface area contributed by atoms with Crippen molar-refractivity contribution in [2.45, 2.75) is 79.4 Å². The van der Waals surface area contributed by atoms with Crippen LogP contribution in [0.15, 0.2) is 0 Å². The number of hydrogen-bond donors (Lipinski definition) is 1. The predicted molar refractivity (Wildman–Crippen MR) is 80.9 cm³/mol. The van der Waals surface area contributed by atoms with E-state index < -0.39 is 0 Å². The standard InChI is InChI=1S/C16H34N2/c1-12(2)17-15-9-11-18(13(3)4)10-8-14(15)16(5,6)7/h12-15,17H,8-11H2,1-7H3. The van der Waals surface area contributed by atoms with Gasteiger partial charge >= 0.3 is 0 Å². The van der Waals surface area contributed by atoms with E-state index in [4.69, 9.17) is 0 Å². The van der Waals surface area contributed by atoms with Gasteiger partial charge in [-0.2, -0.15) is 0 Å². The normalized spacial score (nSPS) is 27.8. The summed E-state index contributed by atoms with van der Waals surface area (Å²) in [5, 5.41) is 3.81. The molecule has 1 rings (SSSR count). The van der Waals surface area contributed by atoms with E-state index in [1.54, 1.807) is 0 Å². The fourth-order valence-corrected chi connectivity index (χ4v) is 3.30. The highest BCUT2D eigenvalue weighted by atomic mass is 15.2. The molecule has 2 unspecified atom stereocenters. The van der Waals surface area contributed by atoms with Gasteiger partial charge in [0.2, 0.25) is 0 Å². The lowest BCUT2D eigenvalue weighted by Crippen LogP contribution is -2.45. The van der Waals surface area contributed by atoms with Gasteiger partial charge in [0, 0.05) is 18.1 Å². The average Bonchev–Trinajstić information content (AvgIpc) is 2.38. The van der Waals surface area contributed by atoms with Gasteiger partial charge in [-0.05, 0) is 51.1 Å². The maximum absolute atomic E-state index is 3.81. The van der Waals surface area contributed by atoms with Crippen LogP contribution < -0.4 is 5.32 Å². The molecule has 1 saturated heterocycles. The molecule has 1 aliphatic rings. The van der Waals surface area contributed by atoms with Gasteiger partial charge in [0.15, 0.2) is 0 Å². The molecule has 0 aliphatic carbocycles. The van der Waals surface area contributed by atoms with Crippen molar-refractivity contribution in [1.29, 1.82) is 0 Å². The first-order chi connectivity index (χ1) is 8.21. The molecule has 0 amide bonds. The van der Waals surface area contributed by atoms with E-state index in [0.717, 1.165) is 5.92 Å². The van der Waals surface area contributed by atoms with Crippen LogP contribution in [0.25, 0.3) is 0 Å². The van der Waals surface area contributed by atoms with E-state index in [-0.39, 0.29) is 0 Å². The predicted octanol–water partition coefficient (Wildman–Crippen LogP) is 3.52. The van der Waals surface area contributed by atoms with Crippen LogP contribution in [0.2, 0.25) is 0 Å². The van der Waals surface area contributed by atoms with Gasteiger partial charge in [0.25, 0.3) is 0 Å². The molecule has 0 saturated carbocycles. The molecule has 0 aromatic rings. The number of hydrogen-bond acceptors (Lipinski definition) is 2. The second-order valence-corrected chi connectivity index (χ2v) is 7.61. The minimum Gasteiger partial charge on any atom is -0.311 e. The van der Waals surface area contributed by atoms with Crippen molar-refractivity contribution in [2.75, 3.05) is 13.1 Å². The van der Waals surface area contributed by atoms with Gasteiger partial charge in [-0.3, -0.25) is 0 Å². The van der Waals surface area contributed by atoms with Crippen molar-refractivity contribution in [3.63, 3.8) is 0 Å². The fraction of sp³-hybridized carbons (Fsp3) is 1.00. The molecule has 2 atom stereocenters. The van der Waals surface area contributed by atoms with Gasteiger partial charge in [0.1, 0.15) is 0 Å². The second-order valence-electron chi connectivity index (χ2n) is 7.61. The van der Waals surface area contributed by atoms with Crippen LogP contribution in [0.5, 0.6) is 0 Å². The molecule has 0 aromatic heterocycles. The molecule has 1 heterocycles. The van der Waals surface area contributed by atoms with Gasteiger partial charge in [0.05, 0.1) is 0 Å². The SMILES string of the molecule is CC(C)NC1CCN(C(C)C)CCC1C(C)(C)C. The van der Waals surface area contributed by atoms with E-state index in [1.807, 2.05) is 0 Å². The van der Waals surface area contributed by atoms with Crippen LogP contribution in [0.1, 0.15) is 61.3 Å². The highest BCUT2D eigenvalue weighted by molar-refractivity contribution is 4.90. The van der Waals surface area contributed by atoms with Crippen molar-refractivity contribution in [1.82, 2.24) is 10.2 Å². The minimum atomic E-state index is 0.402. The van der Waals surface area contributed by atoms with Crippen molar-refractivity contribution in [3.8, 4) is 0 Å². The number of nitrogens with one attached hydrogen (secondary N) is 1. The molecule has 1 N–H and O–H groups in total. The van der Waals surface area contributed by atoms with Crippen LogP contribution >= 0.6 is 0 Å². The third kappa shape index (κ3) is 4.55.